The Labute approximate surface area is 140 Å². The maximum absolute atomic E-state index is 13.0. The van der Waals surface area contributed by atoms with Crippen molar-refractivity contribution in [1.29, 1.82) is 0 Å². The third kappa shape index (κ3) is 3.50. The maximum atomic E-state index is 13.0. The topological polar surface area (TPSA) is 48.4 Å². The monoisotopic (exact) mass is 336 g/mol. The van der Waals surface area contributed by atoms with Gasteiger partial charge in [0.1, 0.15) is 5.75 Å². The van der Waals surface area contributed by atoms with E-state index in [0.717, 1.165) is 49.3 Å². The molecule has 0 spiro atoms. The fourth-order valence-corrected chi connectivity index (χ4v) is 4.17. The van der Waals surface area contributed by atoms with Gasteiger partial charge in [0.05, 0.1) is 25.1 Å². The van der Waals surface area contributed by atoms with Crippen LogP contribution in [0.4, 0.5) is 0 Å². The fraction of sp³-hybridized carbons (Fsp3) is 0.562. The van der Waals surface area contributed by atoms with Crippen molar-refractivity contribution in [2.45, 2.75) is 11.8 Å². The third-order valence-electron chi connectivity index (χ3n) is 4.32. The van der Waals surface area contributed by atoms with Crippen LogP contribution < -0.4 is 4.74 Å². The molecule has 126 valence electrons. The molecule has 23 heavy (non-hydrogen) atoms. The summed E-state index contributed by atoms with van der Waals surface area (Å²) >= 11 is 0. The number of hydrogen-bond acceptors (Lipinski definition) is 5. The Balaban J connectivity index is 1.72. The summed E-state index contributed by atoms with van der Waals surface area (Å²) < 4.78 is 20.1. The third-order valence-corrected chi connectivity index (χ3v) is 5.73. The number of ether oxygens (including phenoxy) is 1. The fourth-order valence-electron chi connectivity index (χ4n) is 2.94. The van der Waals surface area contributed by atoms with Crippen molar-refractivity contribution >= 4 is 16.9 Å². The summed E-state index contributed by atoms with van der Waals surface area (Å²) in [4.78, 5) is 10.0. The summed E-state index contributed by atoms with van der Waals surface area (Å²) in [6, 6.07) is 7.45. The average Bonchev–Trinajstić information content (AvgIpc) is 3.11. The number of guanidine groups is 1. The van der Waals surface area contributed by atoms with Gasteiger partial charge in [-0.25, -0.2) is 4.21 Å². The second-order valence-corrected chi connectivity index (χ2v) is 7.04. The maximum Gasteiger partial charge on any atom is 0.209 e. The molecule has 7 heteroatoms. The zero-order valence-corrected chi connectivity index (χ0v) is 14.6. The van der Waals surface area contributed by atoms with Gasteiger partial charge in [-0.1, -0.05) is 13.0 Å². The lowest BCUT2D eigenvalue weighted by atomic mass is 10.3. The van der Waals surface area contributed by atoms with Gasteiger partial charge in [0.15, 0.2) is 11.0 Å². The molecule has 2 aliphatic rings. The van der Waals surface area contributed by atoms with E-state index >= 15 is 0 Å². The minimum absolute atomic E-state index is 0.702. The van der Waals surface area contributed by atoms with Crippen LogP contribution in [0.2, 0.25) is 0 Å². The highest BCUT2D eigenvalue weighted by molar-refractivity contribution is 7.83. The van der Waals surface area contributed by atoms with Crippen molar-refractivity contribution in [3.8, 4) is 5.75 Å². The smallest absolute Gasteiger partial charge is 0.209 e. The summed E-state index contributed by atoms with van der Waals surface area (Å²) in [6.07, 6.45) is 0. The Bertz CT molecular complexity index is 599. The molecule has 1 atom stereocenters. The predicted molar refractivity (Wildman–Crippen MR) is 92.1 cm³/mol. The Hall–Kier alpha value is -1.60. The van der Waals surface area contributed by atoms with Crippen molar-refractivity contribution in [2.24, 2.45) is 4.99 Å². The molecular formula is C16H24N4O2S. The van der Waals surface area contributed by atoms with E-state index in [1.165, 1.54) is 0 Å². The van der Waals surface area contributed by atoms with Crippen LogP contribution in [0.1, 0.15) is 6.92 Å². The highest BCUT2D eigenvalue weighted by Crippen LogP contribution is 2.21. The zero-order valence-electron chi connectivity index (χ0n) is 13.8. The minimum atomic E-state index is -1.25. The van der Waals surface area contributed by atoms with E-state index in [1.54, 1.807) is 7.11 Å². The van der Waals surface area contributed by atoms with Gasteiger partial charge in [-0.15, -0.1) is 0 Å². The molecule has 6 nitrogen and oxygen atoms in total. The molecule has 2 aliphatic heterocycles. The molecular weight excluding hydrogens is 312 g/mol. The molecule has 0 aliphatic carbocycles. The van der Waals surface area contributed by atoms with Crippen molar-refractivity contribution < 1.29 is 8.95 Å². The number of hydrogen-bond donors (Lipinski definition) is 0. The highest BCUT2D eigenvalue weighted by atomic mass is 32.2. The number of benzene rings is 1. The molecule has 0 N–H and O–H groups in total. The van der Waals surface area contributed by atoms with Crippen LogP contribution in [0.3, 0.4) is 0 Å². The average molecular weight is 336 g/mol. The van der Waals surface area contributed by atoms with Crippen molar-refractivity contribution in [1.82, 2.24) is 14.1 Å². The van der Waals surface area contributed by atoms with E-state index in [4.69, 9.17) is 4.74 Å². The first-order chi connectivity index (χ1) is 11.2. The van der Waals surface area contributed by atoms with Gasteiger partial charge in [0.25, 0.3) is 0 Å². The summed E-state index contributed by atoms with van der Waals surface area (Å²) in [5.41, 5.74) is 0. The number of nitrogens with zero attached hydrogens (tertiary/aromatic N) is 4. The van der Waals surface area contributed by atoms with Crippen molar-refractivity contribution in [3.05, 3.63) is 24.3 Å². The summed E-state index contributed by atoms with van der Waals surface area (Å²) in [5, 5.41) is 0. The summed E-state index contributed by atoms with van der Waals surface area (Å²) in [7, 11) is 0.377. The van der Waals surface area contributed by atoms with E-state index < -0.39 is 11.0 Å². The molecule has 0 radical (unpaired) electrons. The van der Waals surface area contributed by atoms with E-state index in [2.05, 4.69) is 21.7 Å². The molecule has 1 saturated heterocycles. The second kappa shape index (κ2) is 7.31. The SMILES string of the molecule is CCN1CCN(C2=NCCN2S(=O)c2cccc(OC)c2)CC1. The Morgan fingerprint density at radius 1 is 1.22 bits per heavy atom. The zero-order chi connectivity index (χ0) is 16.2. The molecule has 1 aromatic rings. The van der Waals surface area contributed by atoms with Gasteiger partial charge in [0, 0.05) is 26.2 Å². The van der Waals surface area contributed by atoms with Crippen LogP contribution in [0, 0.1) is 0 Å². The van der Waals surface area contributed by atoms with Crippen molar-refractivity contribution in [3.63, 3.8) is 0 Å². The van der Waals surface area contributed by atoms with E-state index in [0.29, 0.717) is 13.1 Å². The molecule has 1 aromatic carbocycles. The van der Waals surface area contributed by atoms with Gasteiger partial charge < -0.3 is 14.5 Å². The Morgan fingerprint density at radius 2 is 2.00 bits per heavy atom. The lowest BCUT2D eigenvalue weighted by Crippen LogP contribution is -2.52. The summed E-state index contributed by atoms with van der Waals surface area (Å²) in [6.45, 7) is 8.64. The molecule has 0 bridgehead atoms. The molecule has 0 saturated carbocycles. The number of aliphatic imine (C=N–C) groups is 1. The largest absolute Gasteiger partial charge is 0.497 e. The van der Waals surface area contributed by atoms with Crippen LogP contribution in [0.5, 0.6) is 5.75 Å². The standard InChI is InChI=1S/C16H24N4O2S/c1-3-18-9-11-19(12-10-18)16-17-7-8-20(16)23(21)15-6-4-5-14(13-15)22-2/h4-6,13H,3,7-12H2,1-2H3. The number of methoxy groups -OCH3 is 1. The first-order valence-electron chi connectivity index (χ1n) is 8.08. The van der Waals surface area contributed by atoms with Crippen LogP contribution in [-0.2, 0) is 11.0 Å². The van der Waals surface area contributed by atoms with Crippen LogP contribution in [-0.4, -0.2) is 77.2 Å². The van der Waals surface area contributed by atoms with Gasteiger partial charge in [0.2, 0.25) is 5.96 Å². The first kappa shape index (κ1) is 16.3. The highest BCUT2D eigenvalue weighted by Gasteiger charge is 2.30. The second-order valence-electron chi connectivity index (χ2n) is 5.63. The van der Waals surface area contributed by atoms with Crippen LogP contribution in [0.15, 0.2) is 34.2 Å². The number of rotatable bonds is 4. The predicted octanol–water partition coefficient (Wildman–Crippen LogP) is 1.03. The molecule has 2 heterocycles. The quantitative estimate of drug-likeness (QED) is 0.824. The van der Waals surface area contributed by atoms with Gasteiger partial charge in [-0.2, -0.15) is 0 Å². The lowest BCUT2D eigenvalue weighted by Gasteiger charge is -2.37. The molecule has 3 rings (SSSR count). The lowest BCUT2D eigenvalue weighted by molar-refractivity contribution is 0.184. The van der Waals surface area contributed by atoms with Gasteiger partial charge in [-0.05, 0) is 24.7 Å². The molecule has 0 aromatic heterocycles. The van der Waals surface area contributed by atoms with E-state index in [9.17, 15) is 4.21 Å². The number of piperazine rings is 1. The van der Waals surface area contributed by atoms with Gasteiger partial charge in [-0.3, -0.25) is 9.30 Å². The van der Waals surface area contributed by atoms with Gasteiger partial charge >= 0.3 is 0 Å². The van der Waals surface area contributed by atoms with E-state index in [1.807, 2.05) is 28.6 Å². The normalized spacial score (nSPS) is 20.5. The minimum Gasteiger partial charge on any atom is -0.497 e. The van der Waals surface area contributed by atoms with Crippen molar-refractivity contribution in [2.75, 3.05) is 52.9 Å². The summed E-state index contributed by atoms with van der Waals surface area (Å²) in [5.74, 6) is 1.60. The Morgan fingerprint density at radius 3 is 2.70 bits per heavy atom. The van der Waals surface area contributed by atoms with E-state index in [-0.39, 0.29) is 0 Å². The number of likely N-dealkylation sites (N-methyl/N-ethyl adjacent to an activating group) is 1. The first-order valence-corrected chi connectivity index (χ1v) is 9.19. The Kier molecular flexibility index (Phi) is 5.17. The van der Waals surface area contributed by atoms with Crippen LogP contribution in [0.25, 0.3) is 0 Å². The molecule has 0 amide bonds. The van der Waals surface area contributed by atoms with Crippen LogP contribution >= 0.6 is 0 Å². The molecule has 1 fully saturated rings. The molecule has 1 unspecified atom stereocenters.